The van der Waals surface area contributed by atoms with Gasteiger partial charge < -0.3 is 0 Å². The topological polar surface area (TPSA) is 60.2 Å². The van der Waals surface area contributed by atoms with Crippen LogP contribution in [0.4, 0.5) is 5.69 Å². The number of nitrogens with zero attached hydrogens (tertiary/aromatic N) is 1. The molecule has 0 heterocycles. The van der Waals surface area contributed by atoms with Crippen molar-refractivity contribution >= 4 is 43.8 Å². The van der Waals surface area contributed by atoms with Gasteiger partial charge in [0.15, 0.2) is 5.78 Å². The maximum absolute atomic E-state index is 12.0. The second kappa shape index (κ2) is 4.24. The molecule has 0 unspecified atom stereocenters. The van der Waals surface area contributed by atoms with Crippen molar-refractivity contribution < 1.29 is 9.72 Å². The third kappa shape index (κ3) is 1.55. The fourth-order valence-electron chi connectivity index (χ4n) is 3.25. The standard InChI is InChI=1S/C18H11NO3/c1-10(20)14-9-15-16(19(21)22)8-7-12-6-5-11-3-2-4-13(14)17(11)18(12)15/h2-9H,1H3. The largest absolute Gasteiger partial charge is 0.294 e. The Labute approximate surface area is 125 Å². The first-order chi connectivity index (χ1) is 10.6. The Morgan fingerprint density at radius 1 is 0.955 bits per heavy atom. The van der Waals surface area contributed by atoms with Crippen molar-refractivity contribution in [3.63, 3.8) is 0 Å². The van der Waals surface area contributed by atoms with Gasteiger partial charge in [-0.15, -0.1) is 0 Å². The van der Waals surface area contributed by atoms with Gasteiger partial charge in [0.25, 0.3) is 5.69 Å². The Bertz CT molecular complexity index is 1070. The Balaban J connectivity index is 2.40. The monoisotopic (exact) mass is 289 g/mol. The highest BCUT2D eigenvalue weighted by Crippen LogP contribution is 2.40. The number of Topliss-reactive ketones (excluding diaryl/α,β-unsaturated/α-hetero) is 1. The summed E-state index contributed by atoms with van der Waals surface area (Å²) in [5.74, 6) is -0.0895. The Hall–Kier alpha value is -3.01. The zero-order chi connectivity index (χ0) is 15.4. The number of non-ortho nitro benzene ring substituents is 1. The van der Waals surface area contributed by atoms with E-state index in [2.05, 4.69) is 0 Å². The minimum absolute atomic E-state index is 0.0354. The van der Waals surface area contributed by atoms with Crippen LogP contribution in [0.15, 0.2) is 48.5 Å². The van der Waals surface area contributed by atoms with E-state index in [-0.39, 0.29) is 11.5 Å². The molecule has 0 aromatic heterocycles. The quantitative estimate of drug-likeness (QED) is 0.233. The number of carbonyl (C=O) groups is 1. The predicted octanol–water partition coefficient (Wildman–Crippen LogP) is 4.69. The van der Waals surface area contributed by atoms with Crippen LogP contribution >= 0.6 is 0 Å². The molecule has 0 bridgehead atoms. The van der Waals surface area contributed by atoms with Gasteiger partial charge in [-0.2, -0.15) is 0 Å². The zero-order valence-electron chi connectivity index (χ0n) is 11.8. The first-order valence-electron chi connectivity index (χ1n) is 6.94. The molecular weight excluding hydrogens is 278 g/mol. The summed E-state index contributed by atoms with van der Waals surface area (Å²) in [4.78, 5) is 23.0. The summed E-state index contributed by atoms with van der Waals surface area (Å²) in [5.41, 5.74) is 0.563. The van der Waals surface area contributed by atoms with Crippen molar-refractivity contribution in [1.82, 2.24) is 0 Å². The molecule has 0 fully saturated rings. The van der Waals surface area contributed by atoms with Crippen LogP contribution in [0.25, 0.3) is 32.3 Å². The van der Waals surface area contributed by atoms with Gasteiger partial charge in [-0.3, -0.25) is 14.9 Å². The average Bonchev–Trinajstić information content (AvgIpc) is 2.51. The van der Waals surface area contributed by atoms with E-state index in [1.807, 2.05) is 30.3 Å². The Morgan fingerprint density at radius 3 is 2.27 bits per heavy atom. The molecule has 106 valence electrons. The van der Waals surface area contributed by atoms with Gasteiger partial charge in [-0.05, 0) is 40.6 Å². The molecule has 0 radical (unpaired) electrons. The summed E-state index contributed by atoms with van der Waals surface area (Å²) in [6.07, 6.45) is 0. The van der Waals surface area contributed by atoms with E-state index in [4.69, 9.17) is 0 Å². The minimum atomic E-state index is -0.393. The van der Waals surface area contributed by atoms with Crippen LogP contribution in [0, 0.1) is 10.1 Å². The molecule has 4 aromatic carbocycles. The summed E-state index contributed by atoms with van der Waals surface area (Å²) in [6.45, 7) is 1.49. The van der Waals surface area contributed by atoms with E-state index in [9.17, 15) is 14.9 Å². The molecule has 0 aliphatic heterocycles. The van der Waals surface area contributed by atoms with Crippen LogP contribution in [0.1, 0.15) is 17.3 Å². The van der Waals surface area contributed by atoms with Crippen molar-refractivity contribution in [1.29, 1.82) is 0 Å². The molecule has 4 rings (SSSR count). The fraction of sp³-hybridized carbons (Fsp3) is 0.0556. The van der Waals surface area contributed by atoms with E-state index in [1.54, 1.807) is 12.1 Å². The maximum atomic E-state index is 12.0. The number of benzene rings is 4. The third-order valence-electron chi connectivity index (χ3n) is 4.20. The average molecular weight is 289 g/mol. The first kappa shape index (κ1) is 12.7. The maximum Gasteiger partial charge on any atom is 0.277 e. The molecule has 0 saturated carbocycles. The molecule has 0 saturated heterocycles. The van der Waals surface area contributed by atoms with Crippen LogP contribution in [0.5, 0.6) is 0 Å². The van der Waals surface area contributed by atoms with Crippen LogP contribution < -0.4 is 0 Å². The predicted molar refractivity (Wildman–Crippen MR) is 86.8 cm³/mol. The molecule has 0 aliphatic carbocycles. The lowest BCUT2D eigenvalue weighted by Crippen LogP contribution is -1.98. The van der Waals surface area contributed by atoms with Crippen molar-refractivity contribution in [2.75, 3.05) is 0 Å². The molecule has 0 N–H and O–H groups in total. The second-order valence-electron chi connectivity index (χ2n) is 5.44. The Morgan fingerprint density at radius 2 is 1.59 bits per heavy atom. The van der Waals surface area contributed by atoms with Crippen LogP contribution in [-0.2, 0) is 0 Å². The number of nitro benzene ring substituents is 1. The smallest absolute Gasteiger partial charge is 0.277 e. The van der Waals surface area contributed by atoms with Gasteiger partial charge in [0.05, 0.1) is 10.3 Å². The van der Waals surface area contributed by atoms with E-state index >= 15 is 0 Å². The number of carbonyl (C=O) groups excluding carboxylic acids is 1. The summed E-state index contributed by atoms with van der Waals surface area (Å²) < 4.78 is 0. The number of hydrogen-bond donors (Lipinski definition) is 0. The number of rotatable bonds is 2. The van der Waals surface area contributed by atoms with E-state index in [1.165, 1.54) is 13.0 Å². The van der Waals surface area contributed by atoms with Crippen molar-refractivity contribution in [2.24, 2.45) is 0 Å². The lowest BCUT2D eigenvalue weighted by Gasteiger charge is -2.13. The molecule has 0 atom stereocenters. The van der Waals surface area contributed by atoms with Crippen molar-refractivity contribution in [3.05, 3.63) is 64.2 Å². The van der Waals surface area contributed by atoms with Gasteiger partial charge in [-0.1, -0.05) is 30.3 Å². The van der Waals surface area contributed by atoms with E-state index < -0.39 is 4.92 Å². The Kier molecular flexibility index (Phi) is 2.45. The summed E-state index contributed by atoms with van der Waals surface area (Å²) in [5, 5.41) is 16.4. The van der Waals surface area contributed by atoms with Gasteiger partial charge in [-0.25, -0.2) is 0 Å². The van der Waals surface area contributed by atoms with E-state index in [0.717, 1.165) is 26.9 Å². The summed E-state index contributed by atoms with van der Waals surface area (Å²) in [7, 11) is 0. The SMILES string of the molecule is CC(=O)c1cc2c([N+](=O)[O-])ccc3ccc4cccc1c4c32. The number of hydrogen-bond acceptors (Lipinski definition) is 3. The van der Waals surface area contributed by atoms with Gasteiger partial charge in [0.1, 0.15) is 0 Å². The lowest BCUT2D eigenvalue weighted by molar-refractivity contribution is -0.383. The van der Waals surface area contributed by atoms with Crippen LogP contribution in [-0.4, -0.2) is 10.7 Å². The highest BCUT2D eigenvalue weighted by Gasteiger charge is 2.20. The van der Waals surface area contributed by atoms with Gasteiger partial charge >= 0.3 is 0 Å². The third-order valence-corrected chi connectivity index (χ3v) is 4.20. The first-order valence-corrected chi connectivity index (χ1v) is 6.94. The van der Waals surface area contributed by atoms with Crippen LogP contribution in [0.3, 0.4) is 0 Å². The molecule has 4 aromatic rings. The summed E-state index contributed by atoms with van der Waals surface area (Å²) >= 11 is 0. The fourth-order valence-corrected chi connectivity index (χ4v) is 3.25. The second-order valence-corrected chi connectivity index (χ2v) is 5.44. The molecular formula is C18H11NO3. The molecule has 4 nitrogen and oxygen atoms in total. The molecule has 0 aliphatic rings. The highest BCUT2D eigenvalue weighted by molar-refractivity contribution is 6.28. The summed E-state index contributed by atoms with van der Waals surface area (Å²) in [6, 6.07) is 14.6. The number of nitro groups is 1. The normalized spacial score (nSPS) is 11.5. The molecule has 0 amide bonds. The highest BCUT2D eigenvalue weighted by atomic mass is 16.6. The zero-order valence-corrected chi connectivity index (χ0v) is 11.8. The van der Waals surface area contributed by atoms with Crippen LogP contribution in [0.2, 0.25) is 0 Å². The lowest BCUT2D eigenvalue weighted by atomic mass is 9.89. The van der Waals surface area contributed by atoms with Gasteiger partial charge in [0.2, 0.25) is 0 Å². The van der Waals surface area contributed by atoms with Crippen molar-refractivity contribution in [2.45, 2.75) is 6.92 Å². The van der Waals surface area contributed by atoms with Gasteiger partial charge in [0, 0.05) is 17.0 Å². The minimum Gasteiger partial charge on any atom is -0.294 e. The molecule has 22 heavy (non-hydrogen) atoms. The molecule has 4 heteroatoms. The number of ketones is 1. The van der Waals surface area contributed by atoms with Crippen molar-refractivity contribution in [3.8, 4) is 0 Å². The molecule has 0 spiro atoms. The van der Waals surface area contributed by atoms with E-state index in [0.29, 0.717) is 10.9 Å².